The number of methoxy groups -OCH3 is 1. The van der Waals surface area contributed by atoms with Gasteiger partial charge in [0.1, 0.15) is 0 Å². The van der Waals surface area contributed by atoms with Crippen LogP contribution in [0.4, 0.5) is 0 Å². The molecule has 5 rings (SSSR count). The molecule has 4 atom stereocenters. The van der Waals surface area contributed by atoms with Crippen LogP contribution in [0.5, 0.6) is 0 Å². The number of para-hydroxylation sites is 1. The summed E-state index contributed by atoms with van der Waals surface area (Å²) in [6.07, 6.45) is 4.36. The van der Waals surface area contributed by atoms with Gasteiger partial charge in [-0.3, -0.25) is 9.59 Å². The van der Waals surface area contributed by atoms with E-state index in [0.29, 0.717) is 13.0 Å². The molecule has 0 saturated carbocycles. The summed E-state index contributed by atoms with van der Waals surface area (Å²) in [6.45, 7) is 2.11. The van der Waals surface area contributed by atoms with Gasteiger partial charge in [-0.1, -0.05) is 18.2 Å². The Bertz CT molecular complexity index is 1150. The molecule has 2 aromatic rings. The van der Waals surface area contributed by atoms with Gasteiger partial charge < -0.3 is 24.0 Å². The van der Waals surface area contributed by atoms with Crippen LogP contribution >= 0.6 is 0 Å². The second-order valence-corrected chi connectivity index (χ2v) is 10.4. The van der Waals surface area contributed by atoms with Gasteiger partial charge in [0.2, 0.25) is 0 Å². The highest BCUT2D eigenvalue weighted by Gasteiger charge is 2.48. The molecule has 34 heavy (non-hydrogen) atoms. The Morgan fingerprint density at radius 1 is 1.21 bits per heavy atom. The number of carbonyl (C=O) groups is 2. The summed E-state index contributed by atoms with van der Waals surface area (Å²) in [5.74, 6) is 0.220. The number of fused-ring (bicyclic) bond motifs is 6. The maximum Gasteiger partial charge on any atom is 0.251 e. The molecule has 2 aliphatic heterocycles. The summed E-state index contributed by atoms with van der Waals surface area (Å²) < 4.78 is 7.47. The van der Waals surface area contributed by atoms with Crippen LogP contribution in [-0.2, 0) is 16.6 Å². The first kappa shape index (κ1) is 23.1. The third-order valence-corrected chi connectivity index (χ3v) is 8.03. The number of Topliss-reactive ketones (excluding diaryl/α,β-unsaturated/α-hetero) is 1. The molecule has 2 bridgehead atoms. The maximum absolute atomic E-state index is 13.9. The fourth-order valence-corrected chi connectivity index (χ4v) is 6.68. The fourth-order valence-electron chi connectivity index (χ4n) is 6.68. The lowest BCUT2D eigenvalue weighted by Crippen LogP contribution is -2.47. The molecule has 1 amide bonds. The number of hydrogen-bond donors (Lipinski definition) is 0. The van der Waals surface area contributed by atoms with E-state index in [4.69, 9.17) is 4.74 Å². The van der Waals surface area contributed by atoms with E-state index in [1.807, 2.05) is 30.3 Å². The maximum atomic E-state index is 13.9. The van der Waals surface area contributed by atoms with Crippen molar-refractivity contribution < 1.29 is 14.3 Å². The summed E-state index contributed by atoms with van der Waals surface area (Å²) in [5, 5.41) is 1.14. The Labute approximate surface area is 201 Å². The Morgan fingerprint density at radius 3 is 2.71 bits per heavy atom. The lowest BCUT2D eigenvalue weighted by atomic mass is 9.75. The molecule has 0 N–H and O–H groups in total. The van der Waals surface area contributed by atoms with Gasteiger partial charge in [-0.2, -0.15) is 0 Å². The molecule has 3 heterocycles. The van der Waals surface area contributed by atoms with Gasteiger partial charge in [-0.05, 0) is 33.0 Å². The Hall–Kier alpha value is -2.64. The van der Waals surface area contributed by atoms with Crippen LogP contribution in [0.3, 0.4) is 0 Å². The molecule has 0 spiro atoms. The number of carbonyl (C=O) groups excluding carboxylic acids is 2. The lowest BCUT2D eigenvalue weighted by molar-refractivity contribution is -0.130. The Morgan fingerprint density at radius 2 is 1.97 bits per heavy atom. The first-order valence-electron chi connectivity index (χ1n) is 12.3. The van der Waals surface area contributed by atoms with E-state index in [0.717, 1.165) is 53.7 Å². The highest BCUT2D eigenvalue weighted by molar-refractivity contribution is 6.05. The summed E-state index contributed by atoms with van der Waals surface area (Å²) in [4.78, 5) is 34.1. The van der Waals surface area contributed by atoms with Crippen molar-refractivity contribution in [3.05, 3.63) is 47.3 Å². The van der Waals surface area contributed by atoms with Crippen molar-refractivity contribution in [3.8, 4) is 0 Å². The average molecular weight is 465 g/mol. The second kappa shape index (κ2) is 8.86. The SMILES string of the molecule is COC[C@@H]1CCCN1C(=O)C1=CN(C)[C@@H]2c3c(n(C)c4ccccc34)C(=O)C[C@H]1C2CN(C)C. The molecule has 182 valence electrons. The van der Waals surface area contributed by atoms with Crippen LogP contribution in [-0.4, -0.2) is 84.9 Å². The topological polar surface area (TPSA) is 58.0 Å². The normalized spacial score (nSPS) is 26.8. The quantitative estimate of drug-likeness (QED) is 0.681. The highest BCUT2D eigenvalue weighted by Crippen LogP contribution is 2.49. The number of ketones is 1. The largest absolute Gasteiger partial charge is 0.383 e. The van der Waals surface area contributed by atoms with Crippen LogP contribution in [0, 0.1) is 11.8 Å². The minimum Gasteiger partial charge on any atom is -0.383 e. The zero-order valence-corrected chi connectivity index (χ0v) is 21.0. The minimum atomic E-state index is -0.112. The average Bonchev–Trinajstić information content (AvgIpc) is 3.35. The third-order valence-electron chi connectivity index (χ3n) is 8.03. The molecule has 1 aromatic heterocycles. The molecule has 1 fully saturated rings. The van der Waals surface area contributed by atoms with Gasteiger partial charge in [-0.15, -0.1) is 0 Å². The van der Waals surface area contributed by atoms with Crippen LogP contribution in [0.2, 0.25) is 0 Å². The zero-order chi connectivity index (χ0) is 24.1. The van der Waals surface area contributed by atoms with Crippen molar-refractivity contribution in [2.24, 2.45) is 18.9 Å². The smallest absolute Gasteiger partial charge is 0.251 e. The van der Waals surface area contributed by atoms with E-state index in [1.165, 1.54) is 0 Å². The van der Waals surface area contributed by atoms with Crippen molar-refractivity contribution in [2.45, 2.75) is 31.3 Å². The number of rotatable bonds is 5. The summed E-state index contributed by atoms with van der Waals surface area (Å²) in [7, 11) is 9.90. The van der Waals surface area contributed by atoms with Crippen molar-refractivity contribution in [1.82, 2.24) is 19.3 Å². The molecule has 7 nitrogen and oxygen atoms in total. The van der Waals surface area contributed by atoms with Gasteiger partial charge in [0.25, 0.3) is 5.91 Å². The van der Waals surface area contributed by atoms with E-state index in [9.17, 15) is 9.59 Å². The molecule has 1 aromatic carbocycles. The number of ether oxygens (including phenoxy) is 1. The number of benzene rings is 1. The Balaban J connectivity index is 1.64. The lowest BCUT2D eigenvalue weighted by Gasteiger charge is -2.44. The molecule has 1 saturated heterocycles. The first-order valence-corrected chi connectivity index (χ1v) is 12.3. The first-order chi connectivity index (χ1) is 16.3. The number of aromatic nitrogens is 1. The van der Waals surface area contributed by atoms with Gasteiger partial charge in [-0.25, -0.2) is 0 Å². The molecule has 1 unspecified atom stereocenters. The van der Waals surface area contributed by atoms with E-state index in [1.54, 1.807) is 7.11 Å². The predicted molar refractivity (Wildman–Crippen MR) is 133 cm³/mol. The monoisotopic (exact) mass is 464 g/mol. The molecule has 1 aliphatic carbocycles. The van der Waals surface area contributed by atoms with E-state index >= 15 is 0 Å². The number of amides is 1. The van der Waals surface area contributed by atoms with Gasteiger partial charge in [0, 0.05) is 80.8 Å². The van der Waals surface area contributed by atoms with E-state index in [-0.39, 0.29) is 35.6 Å². The number of hydrogen-bond acceptors (Lipinski definition) is 5. The minimum absolute atomic E-state index is 0.0323. The molecule has 0 radical (unpaired) electrons. The van der Waals surface area contributed by atoms with Crippen LogP contribution in [0.25, 0.3) is 10.9 Å². The molecule has 3 aliphatic rings. The third kappa shape index (κ3) is 3.57. The highest BCUT2D eigenvalue weighted by atomic mass is 16.5. The molecule has 7 heteroatoms. The van der Waals surface area contributed by atoms with E-state index in [2.05, 4.69) is 47.6 Å². The van der Waals surface area contributed by atoms with E-state index < -0.39 is 0 Å². The fraction of sp³-hybridized carbons (Fsp3) is 0.556. The van der Waals surface area contributed by atoms with Crippen LogP contribution in [0.1, 0.15) is 41.4 Å². The predicted octanol–water partition coefficient (Wildman–Crippen LogP) is 3.07. The van der Waals surface area contributed by atoms with Crippen LogP contribution in [0.15, 0.2) is 36.0 Å². The summed E-state index contributed by atoms with van der Waals surface area (Å²) in [5.41, 5.74) is 3.77. The van der Waals surface area contributed by atoms with Crippen molar-refractivity contribution in [2.75, 3.05) is 47.9 Å². The zero-order valence-electron chi connectivity index (χ0n) is 21.0. The van der Waals surface area contributed by atoms with Gasteiger partial charge >= 0.3 is 0 Å². The van der Waals surface area contributed by atoms with Crippen molar-refractivity contribution >= 4 is 22.6 Å². The Kier molecular flexibility index (Phi) is 6.02. The van der Waals surface area contributed by atoms with Crippen molar-refractivity contribution in [3.63, 3.8) is 0 Å². The molecular formula is C27H36N4O3. The number of aryl methyl sites for hydroxylation is 1. The van der Waals surface area contributed by atoms with Gasteiger partial charge in [0.15, 0.2) is 5.78 Å². The standard InChI is InChI=1S/C27H36N4O3/c1-28(2)14-20-19-13-23(32)26-24(18-10-6-7-11-22(18)30(26)4)25(20)29(3)15-21(19)27(33)31-12-8-9-17(31)16-34-5/h6-7,10-11,15,17,19-20,25H,8-9,12-14,16H2,1-5H3/t17-,19-,20?,25-/m0/s1. The van der Waals surface area contributed by atoms with Crippen molar-refractivity contribution in [1.29, 1.82) is 0 Å². The summed E-state index contributed by atoms with van der Waals surface area (Å²) >= 11 is 0. The summed E-state index contributed by atoms with van der Waals surface area (Å²) in [6, 6.07) is 8.44. The number of likely N-dealkylation sites (tertiary alicyclic amines) is 1. The second-order valence-electron chi connectivity index (χ2n) is 10.4. The van der Waals surface area contributed by atoms with Crippen LogP contribution < -0.4 is 0 Å². The van der Waals surface area contributed by atoms with Gasteiger partial charge in [0.05, 0.1) is 24.4 Å². The molecular weight excluding hydrogens is 428 g/mol. The number of nitrogens with zero attached hydrogens (tertiary/aromatic N) is 4.